The van der Waals surface area contributed by atoms with Crippen LogP contribution in [-0.2, 0) is 12.6 Å². The molecule has 0 amide bonds. The Morgan fingerprint density at radius 2 is 1.68 bits per heavy atom. The van der Waals surface area contributed by atoms with E-state index in [4.69, 9.17) is 0 Å². The van der Waals surface area contributed by atoms with Crippen LogP contribution in [0.3, 0.4) is 0 Å². The van der Waals surface area contributed by atoms with Gasteiger partial charge in [-0.2, -0.15) is 13.2 Å². The van der Waals surface area contributed by atoms with E-state index in [2.05, 4.69) is 11.9 Å². The fourth-order valence-electron chi connectivity index (χ4n) is 1.86. The minimum absolute atomic E-state index is 0.640. The van der Waals surface area contributed by atoms with Crippen molar-refractivity contribution in [2.24, 2.45) is 0 Å². The molecular formula is C15H14F3N. The van der Waals surface area contributed by atoms with E-state index in [0.29, 0.717) is 11.3 Å². The largest absolute Gasteiger partial charge is 0.416 e. The lowest BCUT2D eigenvalue weighted by atomic mass is 10.1. The third-order valence-corrected chi connectivity index (χ3v) is 2.87. The van der Waals surface area contributed by atoms with Gasteiger partial charge in [0.05, 0.1) is 11.3 Å². The average Bonchev–Trinajstić information content (AvgIpc) is 2.39. The van der Waals surface area contributed by atoms with Gasteiger partial charge < -0.3 is 0 Å². The molecule has 0 saturated heterocycles. The highest BCUT2D eigenvalue weighted by atomic mass is 19.4. The third-order valence-electron chi connectivity index (χ3n) is 2.87. The predicted molar refractivity (Wildman–Crippen MR) is 68.7 cm³/mol. The third kappa shape index (κ3) is 3.34. The standard InChI is InChI=1S/C15H14F3N/c1-2-3-11-4-9-14(19-10-11)12-5-7-13(8-6-12)15(16,17)18/h4-10H,2-3H2,1H3. The van der Waals surface area contributed by atoms with Gasteiger partial charge in [0.25, 0.3) is 0 Å². The summed E-state index contributed by atoms with van der Waals surface area (Å²) >= 11 is 0. The molecular weight excluding hydrogens is 251 g/mol. The maximum absolute atomic E-state index is 12.4. The lowest BCUT2D eigenvalue weighted by molar-refractivity contribution is -0.137. The van der Waals surface area contributed by atoms with E-state index >= 15 is 0 Å². The first-order chi connectivity index (χ1) is 9.00. The molecule has 0 spiro atoms. The second kappa shape index (κ2) is 5.43. The molecule has 0 atom stereocenters. The van der Waals surface area contributed by atoms with Gasteiger partial charge in [0.15, 0.2) is 0 Å². The van der Waals surface area contributed by atoms with Crippen molar-refractivity contribution in [1.29, 1.82) is 0 Å². The highest BCUT2D eigenvalue weighted by molar-refractivity contribution is 5.59. The molecule has 2 rings (SSSR count). The normalized spacial score (nSPS) is 11.6. The lowest BCUT2D eigenvalue weighted by Crippen LogP contribution is -2.04. The van der Waals surface area contributed by atoms with Crippen molar-refractivity contribution >= 4 is 0 Å². The number of nitrogens with zero attached hydrogens (tertiary/aromatic N) is 1. The summed E-state index contributed by atoms with van der Waals surface area (Å²) in [6, 6.07) is 8.86. The van der Waals surface area contributed by atoms with E-state index in [0.717, 1.165) is 30.5 Å². The van der Waals surface area contributed by atoms with Gasteiger partial charge in [-0.1, -0.05) is 31.5 Å². The fraction of sp³-hybridized carbons (Fsp3) is 0.267. The molecule has 0 fully saturated rings. The van der Waals surface area contributed by atoms with Crippen molar-refractivity contribution in [3.05, 3.63) is 53.7 Å². The zero-order valence-electron chi connectivity index (χ0n) is 10.5. The first kappa shape index (κ1) is 13.6. The molecule has 0 aliphatic carbocycles. The minimum atomic E-state index is -4.29. The summed E-state index contributed by atoms with van der Waals surface area (Å²) in [5.41, 5.74) is 1.88. The Bertz CT molecular complexity index is 527. The van der Waals surface area contributed by atoms with Crippen molar-refractivity contribution in [3.8, 4) is 11.3 Å². The zero-order chi connectivity index (χ0) is 13.9. The van der Waals surface area contributed by atoms with Gasteiger partial charge in [-0.25, -0.2) is 0 Å². The molecule has 0 N–H and O–H groups in total. The summed E-state index contributed by atoms with van der Waals surface area (Å²) < 4.78 is 37.3. The number of aromatic nitrogens is 1. The second-order valence-corrected chi connectivity index (χ2v) is 4.38. The van der Waals surface area contributed by atoms with Crippen LogP contribution in [0.25, 0.3) is 11.3 Å². The highest BCUT2D eigenvalue weighted by Crippen LogP contribution is 2.30. The minimum Gasteiger partial charge on any atom is -0.256 e. The Morgan fingerprint density at radius 1 is 1.00 bits per heavy atom. The average molecular weight is 265 g/mol. The van der Waals surface area contributed by atoms with Crippen molar-refractivity contribution in [1.82, 2.24) is 4.98 Å². The summed E-state index contributed by atoms with van der Waals surface area (Å²) in [6.07, 6.45) is -0.519. The van der Waals surface area contributed by atoms with E-state index < -0.39 is 11.7 Å². The summed E-state index contributed by atoms with van der Waals surface area (Å²) in [6.45, 7) is 2.09. The SMILES string of the molecule is CCCc1ccc(-c2ccc(C(F)(F)F)cc2)nc1. The van der Waals surface area contributed by atoms with Gasteiger partial charge in [0, 0.05) is 11.8 Å². The molecule has 0 saturated carbocycles. The molecule has 4 heteroatoms. The summed E-state index contributed by atoms with van der Waals surface area (Å²) in [4.78, 5) is 4.28. The summed E-state index contributed by atoms with van der Waals surface area (Å²) in [7, 11) is 0. The molecule has 100 valence electrons. The summed E-state index contributed by atoms with van der Waals surface area (Å²) in [5.74, 6) is 0. The van der Waals surface area contributed by atoms with Gasteiger partial charge in [0.2, 0.25) is 0 Å². The number of benzene rings is 1. The molecule has 0 unspecified atom stereocenters. The van der Waals surface area contributed by atoms with Crippen molar-refractivity contribution in [3.63, 3.8) is 0 Å². The van der Waals surface area contributed by atoms with E-state index in [1.165, 1.54) is 12.1 Å². The number of hydrogen-bond acceptors (Lipinski definition) is 1. The van der Waals surface area contributed by atoms with Crippen molar-refractivity contribution in [2.45, 2.75) is 25.9 Å². The first-order valence-electron chi connectivity index (χ1n) is 6.13. The molecule has 1 aromatic carbocycles. The van der Waals surface area contributed by atoms with Gasteiger partial charge >= 0.3 is 6.18 Å². The first-order valence-corrected chi connectivity index (χ1v) is 6.13. The van der Waals surface area contributed by atoms with E-state index in [-0.39, 0.29) is 0 Å². The van der Waals surface area contributed by atoms with E-state index in [1.54, 1.807) is 6.20 Å². The highest BCUT2D eigenvalue weighted by Gasteiger charge is 2.29. The van der Waals surface area contributed by atoms with Gasteiger partial charge in [-0.3, -0.25) is 4.98 Å². The number of hydrogen-bond donors (Lipinski definition) is 0. The Labute approximate surface area is 110 Å². The number of pyridine rings is 1. The van der Waals surface area contributed by atoms with Crippen LogP contribution in [0.15, 0.2) is 42.6 Å². The molecule has 1 aromatic heterocycles. The van der Waals surface area contributed by atoms with Crippen molar-refractivity contribution < 1.29 is 13.2 Å². The van der Waals surface area contributed by atoms with Crippen LogP contribution >= 0.6 is 0 Å². The smallest absolute Gasteiger partial charge is 0.256 e. The molecule has 0 radical (unpaired) electrons. The van der Waals surface area contributed by atoms with Gasteiger partial charge in [-0.05, 0) is 30.2 Å². The van der Waals surface area contributed by atoms with Gasteiger partial charge in [0.1, 0.15) is 0 Å². The maximum Gasteiger partial charge on any atom is 0.416 e. The van der Waals surface area contributed by atoms with Crippen LogP contribution in [0.5, 0.6) is 0 Å². The predicted octanol–water partition coefficient (Wildman–Crippen LogP) is 4.72. The molecule has 0 bridgehead atoms. The van der Waals surface area contributed by atoms with Crippen LogP contribution in [0, 0.1) is 0 Å². The Kier molecular flexibility index (Phi) is 3.88. The molecule has 2 aromatic rings. The lowest BCUT2D eigenvalue weighted by Gasteiger charge is -2.07. The molecule has 1 nitrogen and oxygen atoms in total. The van der Waals surface area contributed by atoms with Crippen molar-refractivity contribution in [2.75, 3.05) is 0 Å². The zero-order valence-corrected chi connectivity index (χ0v) is 10.5. The summed E-state index contributed by atoms with van der Waals surface area (Å²) in [5, 5.41) is 0. The van der Waals surface area contributed by atoms with Crippen LogP contribution in [0.1, 0.15) is 24.5 Å². The number of halogens is 3. The second-order valence-electron chi connectivity index (χ2n) is 4.38. The fourth-order valence-corrected chi connectivity index (χ4v) is 1.86. The van der Waals surface area contributed by atoms with E-state index in [9.17, 15) is 13.2 Å². The number of alkyl halides is 3. The van der Waals surface area contributed by atoms with Crippen LogP contribution < -0.4 is 0 Å². The Balaban J connectivity index is 2.22. The van der Waals surface area contributed by atoms with Gasteiger partial charge in [-0.15, -0.1) is 0 Å². The molecule has 0 aliphatic rings. The molecule has 19 heavy (non-hydrogen) atoms. The Morgan fingerprint density at radius 3 is 2.16 bits per heavy atom. The van der Waals surface area contributed by atoms with Crippen LogP contribution in [0.4, 0.5) is 13.2 Å². The molecule has 1 heterocycles. The topological polar surface area (TPSA) is 12.9 Å². The van der Waals surface area contributed by atoms with E-state index in [1.807, 2.05) is 12.1 Å². The number of rotatable bonds is 3. The van der Waals surface area contributed by atoms with Crippen LogP contribution in [-0.4, -0.2) is 4.98 Å². The monoisotopic (exact) mass is 265 g/mol. The molecule has 0 aliphatic heterocycles. The number of aryl methyl sites for hydroxylation is 1. The quantitative estimate of drug-likeness (QED) is 0.782. The maximum atomic E-state index is 12.4. The van der Waals surface area contributed by atoms with Crippen LogP contribution in [0.2, 0.25) is 0 Å². The Hall–Kier alpha value is -1.84.